The lowest BCUT2D eigenvalue weighted by molar-refractivity contribution is 0.0314. The molecule has 2 aliphatic rings. The average Bonchev–Trinajstić information content (AvgIpc) is 2.90. The van der Waals surface area contributed by atoms with Crippen molar-refractivity contribution in [3.8, 4) is 23.1 Å². The van der Waals surface area contributed by atoms with E-state index in [0.29, 0.717) is 23.6 Å². The van der Waals surface area contributed by atoms with Crippen LogP contribution in [0.3, 0.4) is 0 Å². The highest BCUT2D eigenvalue weighted by atomic mass is 16.5. The van der Waals surface area contributed by atoms with Crippen molar-refractivity contribution in [2.24, 2.45) is 11.8 Å². The number of nitriles is 1. The van der Waals surface area contributed by atoms with Gasteiger partial charge in [-0.2, -0.15) is 5.26 Å². The Kier molecular flexibility index (Phi) is 8.60. The second-order valence-electron chi connectivity index (χ2n) is 10.6. The van der Waals surface area contributed by atoms with Gasteiger partial charge in [-0.15, -0.1) is 0 Å². The van der Waals surface area contributed by atoms with Crippen LogP contribution < -0.4 is 4.74 Å². The second-order valence-corrected chi connectivity index (χ2v) is 10.6. The number of aromatic nitrogens is 1. The Hall–Kier alpha value is -2.95. The Morgan fingerprint density at radius 2 is 1.92 bits per heavy atom. The summed E-state index contributed by atoms with van der Waals surface area (Å²) < 4.78 is 6.46. The lowest BCUT2D eigenvalue weighted by Gasteiger charge is -2.38. The highest BCUT2D eigenvalue weighted by Crippen LogP contribution is 2.31. The molecule has 0 bridgehead atoms. The molecule has 1 amide bonds. The van der Waals surface area contributed by atoms with Crippen molar-refractivity contribution in [1.29, 1.82) is 5.26 Å². The zero-order valence-corrected chi connectivity index (χ0v) is 21.7. The summed E-state index contributed by atoms with van der Waals surface area (Å²) in [6.45, 7) is 6.19. The molecule has 3 atom stereocenters. The second kappa shape index (κ2) is 11.9. The summed E-state index contributed by atoms with van der Waals surface area (Å²) in [5.74, 6) is 0.968. The van der Waals surface area contributed by atoms with E-state index in [9.17, 15) is 9.90 Å². The van der Waals surface area contributed by atoms with Gasteiger partial charge in [0.1, 0.15) is 11.7 Å². The quantitative estimate of drug-likeness (QED) is 0.621. The zero-order valence-electron chi connectivity index (χ0n) is 21.7. The molecule has 192 valence electrons. The molecule has 1 aromatic heterocycles. The van der Waals surface area contributed by atoms with E-state index in [1.807, 2.05) is 25.1 Å². The van der Waals surface area contributed by atoms with E-state index in [0.717, 1.165) is 30.1 Å². The molecule has 1 saturated carbocycles. The smallest absolute Gasteiger partial charge is 0.259 e. The van der Waals surface area contributed by atoms with Crippen molar-refractivity contribution in [2.75, 3.05) is 33.3 Å². The molecule has 0 unspecified atom stereocenters. The number of fused-ring (bicyclic) bond motifs is 1. The molecule has 0 radical (unpaired) electrons. The van der Waals surface area contributed by atoms with Crippen LogP contribution in [0.5, 0.6) is 5.88 Å². The number of likely N-dealkylation sites (N-methyl/N-ethyl adjacent to an activating group) is 1. The maximum absolute atomic E-state index is 13.7. The van der Waals surface area contributed by atoms with Gasteiger partial charge < -0.3 is 19.6 Å². The fraction of sp³-hybridized carbons (Fsp3) is 0.552. The summed E-state index contributed by atoms with van der Waals surface area (Å²) in [4.78, 5) is 22.4. The molecule has 2 aromatic rings. The van der Waals surface area contributed by atoms with Crippen molar-refractivity contribution in [3.05, 3.63) is 47.7 Å². The number of hydrogen-bond donors (Lipinski definition) is 1. The van der Waals surface area contributed by atoms with Crippen LogP contribution in [0.25, 0.3) is 11.1 Å². The Morgan fingerprint density at radius 1 is 1.19 bits per heavy atom. The summed E-state index contributed by atoms with van der Waals surface area (Å²) in [6, 6.07) is 10.9. The summed E-state index contributed by atoms with van der Waals surface area (Å²) in [6.07, 6.45) is 8.18. The Morgan fingerprint density at radius 3 is 2.58 bits per heavy atom. The van der Waals surface area contributed by atoms with Gasteiger partial charge >= 0.3 is 0 Å². The van der Waals surface area contributed by atoms with E-state index in [1.54, 1.807) is 23.2 Å². The first kappa shape index (κ1) is 26.1. The van der Waals surface area contributed by atoms with Gasteiger partial charge in [0.05, 0.1) is 24.3 Å². The lowest BCUT2D eigenvalue weighted by atomic mass is 9.89. The maximum Gasteiger partial charge on any atom is 0.259 e. The van der Waals surface area contributed by atoms with Crippen molar-refractivity contribution >= 4 is 5.91 Å². The van der Waals surface area contributed by atoms with Gasteiger partial charge in [0.25, 0.3) is 5.91 Å². The number of amides is 1. The molecule has 1 aliphatic carbocycles. The van der Waals surface area contributed by atoms with Crippen LogP contribution in [0.4, 0.5) is 0 Å². The zero-order chi connectivity index (χ0) is 25.7. The van der Waals surface area contributed by atoms with Crippen molar-refractivity contribution < 1.29 is 14.6 Å². The van der Waals surface area contributed by atoms with E-state index in [-0.39, 0.29) is 30.6 Å². The van der Waals surface area contributed by atoms with Crippen LogP contribution in [0.1, 0.15) is 61.9 Å². The minimum Gasteiger partial charge on any atom is -0.472 e. The van der Waals surface area contributed by atoms with Gasteiger partial charge in [0.15, 0.2) is 0 Å². The number of aliphatic hydroxyl groups is 1. The number of carbonyl (C=O) groups excluding carboxylic acids is 1. The van der Waals surface area contributed by atoms with Crippen molar-refractivity contribution in [3.63, 3.8) is 0 Å². The van der Waals surface area contributed by atoms with Crippen LogP contribution >= 0.6 is 0 Å². The predicted octanol–water partition coefficient (Wildman–Crippen LogP) is 4.35. The van der Waals surface area contributed by atoms with E-state index < -0.39 is 0 Å². The molecule has 1 N–H and O–H groups in total. The van der Waals surface area contributed by atoms with E-state index >= 15 is 0 Å². The summed E-state index contributed by atoms with van der Waals surface area (Å²) in [5.41, 5.74) is 2.64. The Bertz CT molecular complexity index is 1070. The van der Waals surface area contributed by atoms with Crippen LogP contribution in [0.15, 0.2) is 36.5 Å². The van der Waals surface area contributed by atoms with Crippen molar-refractivity contribution in [2.45, 2.75) is 58.1 Å². The third kappa shape index (κ3) is 6.05. The SMILES string of the molecule is C[C@@H]1CN([C@@H](C)CO)C(=O)c2cc(-c3ccc(C#N)cc3)cnc2O[C@H]1CN(C)CC1CCCCC1. The number of pyridine rings is 1. The van der Waals surface area contributed by atoms with Crippen LogP contribution in [-0.2, 0) is 0 Å². The van der Waals surface area contributed by atoms with E-state index in [1.165, 1.54) is 32.1 Å². The first-order chi connectivity index (χ1) is 17.4. The number of ether oxygens (including phenoxy) is 1. The van der Waals surface area contributed by atoms with Gasteiger partial charge in [-0.3, -0.25) is 4.79 Å². The predicted molar refractivity (Wildman–Crippen MR) is 140 cm³/mol. The number of carbonyl (C=O) groups is 1. The molecule has 1 aliphatic heterocycles. The number of rotatable bonds is 7. The average molecular weight is 491 g/mol. The topological polar surface area (TPSA) is 89.7 Å². The van der Waals surface area contributed by atoms with Gasteiger partial charge in [-0.1, -0.05) is 38.3 Å². The molecular weight excluding hydrogens is 452 g/mol. The van der Waals surface area contributed by atoms with Crippen LogP contribution in [0, 0.1) is 23.2 Å². The molecule has 7 heteroatoms. The normalized spacial score (nSPS) is 21.8. The largest absolute Gasteiger partial charge is 0.472 e. The van der Waals surface area contributed by atoms with Crippen LogP contribution in [-0.4, -0.2) is 71.2 Å². The highest BCUT2D eigenvalue weighted by molar-refractivity contribution is 5.98. The number of benzene rings is 1. The molecule has 4 rings (SSSR count). The molecule has 36 heavy (non-hydrogen) atoms. The van der Waals surface area contributed by atoms with E-state index in [2.05, 4.69) is 29.9 Å². The molecule has 7 nitrogen and oxygen atoms in total. The fourth-order valence-electron chi connectivity index (χ4n) is 5.41. The minimum absolute atomic E-state index is 0.0740. The Balaban J connectivity index is 1.62. The molecule has 2 heterocycles. The first-order valence-corrected chi connectivity index (χ1v) is 13.2. The van der Waals surface area contributed by atoms with Crippen molar-refractivity contribution in [1.82, 2.24) is 14.8 Å². The molecule has 1 aromatic carbocycles. The first-order valence-electron chi connectivity index (χ1n) is 13.2. The summed E-state index contributed by atoms with van der Waals surface area (Å²) in [7, 11) is 2.16. The fourth-order valence-corrected chi connectivity index (χ4v) is 5.41. The third-order valence-electron chi connectivity index (χ3n) is 7.65. The summed E-state index contributed by atoms with van der Waals surface area (Å²) in [5, 5.41) is 19.0. The number of nitrogens with zero attached hydrogens (tertiary/aromatic N) is 4. The maximum atomic E-state index is 13.7. The monoisotopic (exact) mass is 490 g/mol. The van der Waals surface area contributed by atoms with Gasteiger partial charge in [0, 0.05) is 37.3 Å². The highest BCUT2D eigenvalue weighted by Gasteiger charge is 2.34. The number of aliphatic hydroxyl groups excluding tert-OH is 1. The molecule has 0 saturated heterocycles. The molecule has 0 spiro atoms. The van der Waals surface area contributed by atoms with Gasteiger partial charge in [-0.25, -0.2) is 4.98 Å². The van der Waals surface area contributed by atoms with Gasteiger partial charge in [-0.05, 0) is 56.5 Å². The molecule has 1 fully saturated rings. The number of hydrogen-bond acceptors (Lipinski definition) is 6. The lowest BCUT2D eigenvalue weighted by Crippen LogP contribution is -2.50. The molecular formula is C29H38N4O3. The van der Waals surface area contributed by atoms with E-state index in [4.69, 9.17) is 10.00 Å². The third-order valence-corrected chi connectivity index (χ3v) is 7.65. The standard InChI is InChI=1S/C29H38N4O3/c1-20-16-33(21(2)19-34)29(35)26-13-25(24-11-9-22(14-30)10-12-24)15-31-28(26)36-27(20)18-32(3)17-23-7-5-4-6-8-23/h9-13,15,20-21,23,27,34H,4-8,16-19H2,1-3H3/t20-,21+,27+/m1/s1. The minimum atomic E-state index is -0.315. The Labute approximate surface area is 214 Å². The van der Waals surface area contributed by atoms with Gasteiger partial charge in [0.2, 0.25) is 5.88 Å². The summed E-state index contributed by atoms with van der Waals surface area (Å²) >= 11 is 0. The van der Waals surface area contributed by atoms with Crippen LogP contribution in [0.2, 0.25) is 0 Å².